The number of fused-ring (bicyclic) bond motifs is 1. The Bertz CT molecular complexity index is 588. The molecule has 0 aromatic carbocycles. The van der Waals surface area contributed by atoms with Crippen molar-refractivity contribution in [3.8, 4) is 0 Å². The first-order chi connectivity index (χ1) is 8.16. The summed E-state index contributed by atoms with van der Waals surface area (Å²) in [4.78, 5) is 20.8. The van der Waals surface area contributed by atoms with Gasteiger partial charge in [-0.2, -0.15) is 4.98 Å². The number of aliphatic carboxylic acids is 1. The first kappa shape index (κ1) is 10.0. The van der Waals surface area contributed by atoms with Crippen molar-refractivity contribution in [1.29, 1.82) is 0 Å². The lowest BCUT2D eigenvalue weighted by Crippen LogP contribution is -2.50. The van der Waals surface area contributed by atoms with Crippen molar-refractivity contribution >= 4 is 22.9 Å². The summed E-state index contributed by atoms with van der Waals surface area (Å²) in [5, 5.41) is 13.4. The summed E-state index contributed by atoms with van der Waals surface area (Å²) < 4.78 is 5.04. The van der Waals surface area contributed by atoms with Crippen molar-refractivity contribution < 1.29 is 14.4 Å². The van der Waals surface area contributed by atoms with E-state index in [-0.39, 0.29) is 5.92 Å². The van der Waals surface area contributed by atoms with Crippen molar-refractivity contribution in [2.75, 3.05) is 18.0 Å². The largest absolute Gasteiger partial charge is 0.481 e. The Morgan fingerprint density at radius 1 is 1.53 bits per heavy atom. The maximum absolute atomic E-state index is 10.7. The Labute approximate surface area is 96.1 Å². The molecule has 1 aliphatic heterocycles. The first-order valence-electron chi connectivity index (χ1n) is 5.21. The van der Waals surface area contributed by atoms with Crippen LogP contribution in [0.2, 0.25) is 0 Å². The maximum atomic E-state index is 10.7. The Morgan fingerprint density at radius 3 is 3.00 bits per heavy atom. The third kappa shape index (κ3) is 1.42. The van der Waals surface area contributed by atoms with Gasteiger partial charge in [-0.15, -0.1) is 0 Å². The van der Waals surface area contributed by atoms with Crippen LogP contribution in [0.15, 0.2) is 10.9 Å². The van der Waals surface area contributed by atoms with Gasteiger partial charge in [0.2, 0.25) is 0 Å². The van der Waals surface area contributed by atoms with E-state index in [4.69, 9.17) is 9.63 Å². The summed E-state index contributed by atoms with van der Waals surface area (Å²) in [6.45, 7) is 2.74. The van der Waals surface area contributed by atoms with Crippen molar-refractivity contribution in [3.63, 3.8) is 0 Å². The third-order valence-corrected chi connectivity index (χ3v) is 2.95. The van der Waals surface area contributed by atoms with Gasteiger partial charge in [0.05, 0.1) is 11.6 Å². The zero-order valence-electron chi connectivity index (χ0n) is 9.12. The molecule has 1 saturated heterocycles. The van der Waals surface area contributed by atoms with E-state index in [2.05, 4.69) is 15.1 Å². The van der Waals surface area contributed by atoms with Gasteiger partial charge in [0, 0.05) is 13.1 Å². The molecule has 0 unspecified atom stereocenters. The Kier molecular flexibility index (Phi) is 2.01. The molecule has 17 heavy (non-hydrogen) atoms. The molecule has 0 bridgehead atoms. The van der Waals surface area contributed by atoms with Crippen LogP contribution < -0.4 is 4.90 Å². The van der Waals surface area contributed by atoms with E-state index in [9.17, 15) is 4.79 Å². The molecular weight excluding hydrogens is 224 g/mol. The van der Waals surface area contributed by atoms with Crippen molar-refractivity contribution in [2.45, 2.75) is 6.92 Å². The molecule has 88 valence electrons. The molecule has 2 aromatic heterocycles. The average Bonchev–Trinajstić information content (AvgIpc) is 2.59. The van der Waals surface area contributed by atoms with E-state index < -0.39 is 5.97 Å². The maximum Gasteiger partial charge on any atom is 0.310 e. The SMILES string of the molecule is Cc1noc2ncnc(N3CC(C(=O)O)C3)c12. The second-order valence-electron chi connectivity index (χ2n) is 4.09. The fraction of sp³-hybridized carbons (Fsp3) is 0.400. The van der Waals surface area contributed by atoms with Crippen LogP contribution in [0, 0.1) is 12.8 Å². The first-order valence-corrected chi connectivity index (χ1v) is 5.21. The zero-order valence-corrected chi connectivity index (χ0v) is 9.12. The highest BCUT2D eigenvalue weighted by atomic mass is 16.5. The number of anilines is 1. The molecule has 1 fully saturated rings. The van der Waals surface area contributed by atoms with Crippen LogP contribution >= 0.6 is 0 Å². The minimum atomic E-state index is -0.770. The summed E-state index contributed by atoms with van der Waals surface area (Å²) in [5.74, 6) is -0.389. The van der Waals surface area contributed by atoms with Gasteiger partial charge in [0.25, 0.3) is 5.71 Å². The number of aryl methyl sites for hydroxylation is 1. The summed E-state index contributed by atoms with van der Waals surface area (Å²) >= 11 is 0. The smallest absolute Gasteiger partial charge is 0.310 e. The van der Waals surface area contributed by atoms with Crippen LogP contribution in [0.5, 0.6) is 0 Å². The van der Waals surface area contributed by atoms with E-state index in [1.54, 1.807) is 0 Å². The van der Waals surface area contributed by atoms with E-state index in [0.717, 1.165) is 11.1 Å². The molecule has 0 aliphatic carbocycles. The molecule has 3 rings (SSSR count). The lowest BCUT2D eigenvalue weighted by Gasteiger charge is -2.37. The van der Waals surface area contributed by atoms with Crippen molar-refractivity contribution in [2.24, 2.45) is 5.92 Å². The lowest BCUT2D eigenvalue weighted by molar-refractivity contribution is -0.142. The molecule has 0 radical (unpaired) electrons. The molecule has 1 N–H and O–H groups in total. The Hall–Kier alpha value is -2.18. The molecule has 0 atom stereocenters. The number of carbonyl (C=O) groups is 1. The number of carboxylic acid groups (broad SMARTS) is 1. The quantitative estimate of drug-likeness (QED) is 0.806. The summed E-state index contributed by atoms with van der Waals surface area (Å²) in [6.07, 6.45) is 1.40. The van der Waals surface area contributed by atoms with Crippen molar-refractivity contribution in [3.05, 3.63) is 12.0 Å². The topological polar surface area (TPSA) is 92.4 Å². The summed E-state index contributed by atoms with van der Waals surface area (Å²) in [5.41, 5.74) is 1.15. The number of rotatable bonds is 2. The summed E-state index contributed by atoms with van der Waals surface area (Å²) in [6, 6.07) is 0. The van der Waals surface area contributed by atoms with E-state index >= 15 is 0 Å². The molecule has 7 heteroatoms. The normalized spacial score (nSPS) is 16.2. The highest BCUT2D eigenvalue weighted by molar-refractivity contribution is 5.89. The van der Waals surface area contributed by atoms with Crippen LogP contribution in [0.4, 0.5) is 5.82 Å². The van der Waals surface area contributed by atoms with Crippen LogP contribution in [-0.4, -0.2) is 39.3 Å². The van der Waals surface area contributed by atoms with Gasteiger partial charge >= 0.3 is 5.97 Å². The van der Waals surface area contributed by atoms with Crippen LogP contribution in [0.25, 0.3) is 11.1 Å². The number of aromatic nitrogens is 3. The molecule has 3 heterocycles. The van der Waals surface area contributed by atoms with Crippen LogP contribution in [-0.2, 0) is 4.79 Å². The number of hydrogen-bond donors (Lipinski definition) is 1. The predicted octanol–water partition coefficient (Wildman–Crippen LogP) is 0.447. The molecule has 1 aliphatic rings. The van der Waals surface area contributed by atoms with Gasteiger partial charge in [0.15, 0.2) is 0 Å². The molecule has 0 saturated carbocycles. The van der Waals surface area contributed by atoms with Gasteiger partial charge in [-0.3, -0.25) is 4.79 Å². The van der Waals surface area contributed by atoms with Gasteiger partial charge in [-0.1, -0.05) is 5.16 Å². The standard InChI is InChI=1S/C10H10N4O3/c1-5-7-8(11-4-12-9(7)17-13-5)14-2-6(3-14)10(15)16/h4,6H,2-3H2,1H3,(H,15,16). The molecule has 0 amide bonds. The van der Waals surface area contributed by atoms with E-state index in [1.807, 2.05) is 11.8 Å². The number of hydrogen-bond acceptors (Lipinski definition) is 6. The average molecular weight is 234 g/mol. The monoisotopic (exact) mass is 234 g/mol. The summed E-state index contributed by atoms with van der Waals surface area (Å²) in [7, 11) is 0. The lowest BCUT2D eigenvalue weighted by atomic mass is 10.0. The van der Waals surface area contributed by atoms with Gasteiger partial charge in [0.1, 0.15) is 17.5 Å². The highest BCUT2D eigenvalue weighted by Crippen LogP contribution is 2.30. The Balaban J connectivity index is 1.97. The second-order valence-corrected chi connectivity index (χ2v) is 4.09. The third-order valence-electron chi connectivity index (χ3n) is 2.95. The number of carboxylic acids is 1. The minimum Gasteiger partial charge on any atom is -0.481 e. The van der Waals surface area contributed by atoms with Crippen molar-refractivity contribution in [1.82, 2.24) is 15.1 Å². The van der Waals surface area contributed by atoms with Crippen LogP contribution in [0.1, 0.15) is 5.69 Å². The fourth-order valence-electron chi connectivity index (χ4n) is 1.95. The zero-order chi connectivity index (χ0) is 12.0. The molecule has 2 aromatic rings. The number of nitrogens with zero attached hydrogens (tertiary/aromatic N) is 4. The predicted molar refractivity (Wildman–Crippen MR) is 57.7 cm³/mol. The second kappa shape index (κ2) is 3.41. The van der Waals surface area contributed by atoms with Gasteiger partial charge in [-0.25, -0.2) is 4.98 Å². The fourth-order valence-corrected chi connectivity index (χ4v) is 1.95. The van der Waals surface area contributed by atoms with E-state index in [1.165, 1.54) is 6.33 Å². The van der Waals surface area contributed by atoms with Gasteiger partial charge in [-0.05, 0) is 6.92 Å². The molecular formula is C10H10N4O3. The Morgan fingerprint density at radius 2 is 2.29 bits per heavy atom. The van der Waals surface area contributed by atoms with Crippen LogP contribution in [0.3, 0.4) is 0 Å². The van der Waals surface area contributed by atoms with E-state index in [0.29, 0.717) is 24.6 Å². The van der Waals surface area contributed by atoms with Gasteiger partial charge < -0.3 is 14.5 Å². The highest BCUT2D eigenvalue weighted by Gasteiger charge is 2.34. The minimum absolute atomic E-state index is 0.319. The molecule has 7 nitrogen and oxygen atoms in total. The molecule has 0 spiro atoms.